The summed E-state index contributed by atoms with van der Waals surface area (Å²) in [5.74, 6) is -0.901. The number of anilines is 2. The van der Waals surface area contributed by atoms with Gasteiger partial charge in [0.25, 0.3) is 17.5 Å². The molecule has 0 aliphatic rings. The molecule has 3 amide bonds. The lowest BCUT2D eigenvalue weighted by Gasteiger charge is -2.15. The number of carbonyl (C=O) groups excluding carboxylic acids is 3. The molecule has 0 heterocycles. The molecule has 0 spiro atoms. The summed E-state index contributed by atoms with van der Waals surface area (Å²) in [6.07, 6.45) is 1.63. The number of hydrogen-bond donors (Lipinski definition) is 3. The Morgan fingerprint density at radius 1 is 0.844 bits per heavy atom. The first-order valence-electron chi connectivity index (χ1n) is 14.3. The average Bonchev–Trinajstić information content (AvgIpc) is 3.02. The summed E-state index contributed by atoms with van der Waals surface area (Å²) >= 11 is 1.27. The second-order valence-corrected chi connectivity index (χ2v) is 12.1. The number of thioether (sulfide) groups is 1. The van der Waals surface area contributed by atoms with E-state index in [2.05, 4.69) is 29.8 Å². The van der Waals surface area contributed by atoms with Crippen LogP contribution in [0.3, 0.4) is 0 Å². The lowest BCUT2D eigenvalue weighted by Crippen LogP contribution is -2.30. The molecule has 0 saturated heterocycles. The van der Waals surface area contributed by atoms with E-state index in [4.69, 9.17) is 0 Å². The van der Waals surface area contributed by atoms with Gasteiger partial charge in [0, 0.05) is 28.3 Å². The van der Waals surface area contributed by atoms with Crippen molar-refractivity contribution in [1.29, 1.82) is 0 Å². The fourth-order valence-corrected chi connectivity index (χ4v) is 5.21. The molecule has 0 aliphatic heterocycles. The highest BCUT2D eigenvalue weighted by molar-refractivity contribution is 8.00. The maximum Gasteiger partial charge on any atom is 0.272 e. The Hall–Kier alpha value is -5.22. The molecular formula is C35H34N4O5S. The molecule has 230 valence electrons. The number of aryl methyl sites for hydroxylation is 1. The Morgan fingerprint density at radius 3 is 2.22 bits per heavy atom. The van der Waals surface area contributed by atoms with Gasteiger partial charge in [0.1, 0.15) is 5.70 Å². The van der Waals surface area contributed by atoms with E-state index in [-0.39, 0.29) is 17.3 Å². The Balaban J connectivity index is 1.49. The zero-order valence-electron chi connectivity index (χ0n) is 25.4. The first-order valence-corrected chi connectivity index (χ1v) is 15.2. The summed E-state index contributed by atoms with van der Waals surface area (Å²) < 4.78 is 0. The molecule has 3 N–H and O–H groups in total. The number of amides is 3. The number of non-ortho nitro benzene ring substituents is 1. The van der Waals surface area contributed by atoms with Gasteiger partial charge < -0.3 is 16.0 Å². The van der Waals surface area contributed by atoms with Crippen LogP contribution in [-0.2, 0) is 9.59 Å². The fraction of sp³-hybridized carbons (Fsp3) is 0.171. The molecular weight excluding hydrogens is 588 g/mol. The molecule has 0 radical (unpaired) electrons. The molecule has 1 unspecified atom stereocenters. The van der Waals surface area contributed by atoms with E-state index >= 15 is 0 Å². The van der Waals surface area contributed by atoms with Crippen LogP contribution in [0.2, 0.25) is 0 Å². The van der Waals surface area contributed by atoms with Crippen LogP contribution < -0.4 is 16.0 Å². The van der Waals surface area contributed by atoms with Gasteiger partial charge in [0.2, 0.25) is 5.91 Å². The standard InChI is InChI=1S/C35H34N4O5S/c1-22(2)26-16-14-25(15-17-26)19-32(38-34(41)27-9-6-5-7-10-27)35(42)36-28-11-8-12-30(20-28)45-24(4)33(40)37-31-21-29(39(43)44)18-13-23(31)3/h5-22,24H,1-4H3,(H,36,42)(H,37,40)(H,38,41)/b32-19+. The predicted molar refractivity (Wildman–Crippen MR) is 179 cm³/mol. The topological polar surface area (TPSA) is 130 Å². The average molecular weight is 623 g/mol. The molecule has 9 nitrogen and oxygen atoms in total. The van der Waals surface area contributed by atoms with Gasteiger partial charge >= 0.3 is 0 Å². The molecule has 4 aromatic rings. The number of hydrogen-bond acceptors (Lipinski definition) is 6. The Morgan fingerprint density at radius 2 is 1.56 bits per heavy atom. The van der Waals surface area contributed by atoms with Crippen LogP contribution in [0.4, 0.5) is 17.1 Å². The van der Waals surface area contributed by atoms with Crippen molar-refractivity contribution in [1.82, 2.24) is 5.32 Å². The smallest absolute Gasteiger partial charge is 0.272 e. The molecule has 0 bridgehead atoms. The van der Waals surface area contributed by atoms with E-state index in [9.17, 15) is 24.5 Å². The third kappa shape index (κ3) is 9.14. The normalized spacial score (nSPS) is 11.9. The van der Waals surface area contributed by atoms with Crippen molar-refractivity contribution in [3.05, 3.63) is 135 Å². The van der Waals surface area contributed by atoms with Gasteiger partial charge in [-0.25, -0.2) is 0 Å². The lowest BCUT2D eigenvalue weighted by atomic mass is 10.0. The van der Waals surface area contributed by atoms with Gasteiger partial charge in [-0.15, -0.1) is 11.8 Å². The largest absolute Gasteiger partial charge is 0.325 e. The minimum atomic E-state index is -0.552. The second kappa shape index (κ2) is 15.0. The van der Waals surface area contributed by atoms with Crippen LogP contribution in [0, 0.1) is 17.0 Å². The van der Waals surface area contributed by atoms with Gasteiger partial charge in [0.05, 0.1) is 15.9 Å². The zero-order chi connectivity index (χ0) is 32.5. The lowest BCUT2D eigenvalue weighted by molar-refractivity contribution is -0.384. The summed E-state index contributed by atoms with van der Waals surface area (Å²) in [6, 6.07) is 27.7. The van der Waals surface area contributed by atoms with E-state index in [1.54, 1.807) is 74.5 Å². The minimum absolute atomic E-state index is 0.0688. The Labute approximate surface area is 266 Å². The number of nitro groups is 1. The Kier molecular flexibility index (Phi) is 10.9. The number of carbonyl (C=O) groups is 3. The van der Waals surface area contributed by atoms with E-state index < -0.39 is 22.0 Å². The number of benzene rings is 4. The summed E-state index contributed by atoms with van der Waals surface area (Å²) in [4.78, 5) is 50.8. The minimum Gasteiger partial charge on any atom is -0.325 e. The van der Waals surface area contributed by atoms with Crippen molar-refractivity contribution in [2.24, 2.45) is 0 Å². The monoisotopic (exact) mass is 622 g/mol. The molecule has 1 atom stereocenters. The van der Waals surface area contributed by atoms with Crippen LogP contribution >= 0.6 is 11.8 Å². The molecule has 0 fully saturated rings. The molecule has 0 aromatic heterocycles. The van der Waals surface area contributed by atoms with Crippen molar-refractivity contribution in [3.8, 4) is 0 Å². The number of rotatable bonds is 11. The van der Waals surface area contributed by atoms with Crippen molar-refractivity contribution in [2.75, 3.05) is 10.6 Å². The van der Waals surface area contributed by atoms with Crippen molar-refractivity contribution >= 4 is 52.6 Å². The zero-order valence-corrected chi connectivity index (χ0v) is 26.2. The van der Waals surface area contributed by atoms with Gasteiger partial charge in [-0.05, 0) is 72.9 Å². The van der Waals surface area contributed by atoms with Gasteiger partial charge in [0.15, 0.2) is 0 Å². The van der Waals surface area contributed by atoms with Crippen molar-refractivity contribution in [2.45, 2.75) is 43.8 Å². The van der Waals surface area contributed by atoms with Crippen LogP contribution in [0.25, 0.3) is 6.08 Å². The highest BCUT2D eigenvalue weighted by Crippen LogP contribution is 2.28. The molecule has 0 saturated carbocycles. The van der Waals surface area contributed by atoms with E-state index in [0.717, 1.165) is 11.1 Å². The number of nitro benzene ring substituents is 1. The molecule has 4 rings (SSSR count). The van der Waals surface area contributed by atoms with Crippen molar-refractivity contribution < 1.29 is 19.3 Å². The molecule has 0 aliphatic carbocycles. The quantitative estimate of drug-likeness (QED) is 0.0685. The van der Waals surface area contributed by atoms with Crippen LogP contribution in [0.15, 0.2) is 108 Å². The summed E-state index contributed by atoms with van der Waals surface area (Å²) in [7, 11) is 0. The number of nitrogens with one attached hydrogen (secondary N) is 3. The molecule has 45 heavy (non-hydrogen) atoms. The van der Waals surface area contributed by atoms with Crippen LogP contribution in [-0.4, -0.2) is 27.9 Å². The summed E-state index contributed by atoms with van der Waals surface area (Å²) in [5, 5.41) is 19.0. The highest BCUT2D eigenvalue weighted by Gasteiger charge is 2.19. The van der Waals surface area contributed by atoms with Crippen LogP contribution in [0.1, 0.15) is 53.7 Å². The summed E-state index contributed by atoms with van der Waals surface area (Å²) in [5.41, 5.74) is 3.83. The van der Waals surface area contributed by atoms with Gasteiger partial charge in [-0.3, -0.25) is 24.5 Å². The van der Waals surface area contributed by atoms with Crippen molar-refractivity contribution in [3.63, 3.8) is 0 Å². The second-order valence-electron chi connectivity index (χ2n) is 10.7. The maximum absolute atomic E-state index is 13.5. The number of nitrogens with zero attached hydrogens (tertiary/aromatic N) is 1. The van der Waals surface area contributed by atoms with E-state index in [0.29, 0.717) is 33.3 Å². The van der Waals surface area contributed by atoms with Gasteiger partial charge in [-0.2, -0.15) is 0 Å². The Bertz CT molecular complexity index is 1740. The third-order valence-electron chi connectivity index (χ3n) is 6.91. The molecule has 10 heteroatoms. The maximum atomic E-state index is 13.5. The van der Waals surface area contributed by atoms with Crippen LogP contribution in [0.5, 0.6) is 0 Å². The van der Waals surface area contributed by atoms with E-state index in [1.165, 1.54) is 23.9 Å². The highest BCUT2D eigenvalue weighted by atomic mass is 32.2. The summed E-state index contributed by atoms with van der Waals surface area (Å²) in [6.45, 7) is 7.68. The third-order valence-corrected chi connectivity index (χ3v) is 8.00. The van der Waals surface area contributed by atoms with E-state index in [1.807, 2.05) is 30.3 Å². The first-order chi connectivity index (χ1) is 21.5. The predicted octanol–water partition coefficient (Wildman–Crippen LogP) is 7.56. The fourth-order valence-electron chi connectivity index (χ4n) is 4.28. The SMILES string of the molecule is Cc1ccc([N+](=O)[O-])cc1NC(=O)C(C)Sc1cccc(NC(=O)/C(=C\c2ccc(C(C)C)cc2)NC(=O)c2ccccc2)c1. The first kappa shape index (κ1) is 32.7. The molecule has 4 aromatic carbocycles. The van der Waals surface area contributed by atoms with Gasteiger partial charge in [-0.1, -0.05) is 68.4 Å².